The van der Waals surface area contributed by atoms with Gasteiger partial charge in [0.1, 0.15) is 0 Å². The summed E-state index contributed by atoms with van der Waals surface area (Å²) in [6.45, 7) is 2.85. The van der Waals surface area contributed by atoms with Crippen molar-refractivity contribution in [2.75, 3.05) is 24.5 Å². The van der Waals surface area contributed by atoms with Gasteiger partial charge in [0, 0.05) is 31.2 Å². The average Bonchev–Trinajstić information content (AvgIpc) is 2.77. The Balaban J connectivity index is 1.46. The fraction of sp³-hybridized carbons (Fsp3) is 0.435. The maximum Gasteiger partial charge on any atom is 0.416 e. The zero-order valence-electron chi connectivity index (χ0n) is 17.7. The second-order valence-electron chi connectivity index (χ2n) is 8.43. The smallest absolute Gasteiger partial charge is 0.312 e. The third-order valence-corrected chi connectivity index (χ3v) is 8.12. The fourth-order valence-corrected chi connectivity index (χ4v) is 6.02. The van der Waals surface area contributed by atoms with Gasteiger partial charge in [-0.25, -0.2) is 8.42 Å². The van der Waals surface area contributed by atoms with E-state index in [-0.39, 0.29) is 29.8 Å². The molecule has 0 unspecified atom stereocenters. The van der Waals surface area contributed by atoms with Gasteiger partial charge in [-0.1, -0.05) is 23.8 Å². The summed E-state index contributed by atoms with van der Waals surface area (Å²) < 4.78 is 66.0. The van der Waals surface area contributed by atoms with Gasteiger partial charge in [-0.2, -0.15) is 17.5 Å². The summed E-state index contributed by atoms with van der Waals surface area (Å²) in [4.78, 5) is 14.6. The first-order valence-electron chi connectivity index (χ1n) is 10.7. The van der Waals surface area contributed by atoms with Crippen molar-refractivity contribution < 1.29 is 26.4 Å². The molecule has 1 fully saturated rings. The normalized spacial score (nSPS) is 18.4. The number of hydrogen-bond donors (Lipinski definition) is 0. The molecule has 0 N–H and O–H groups in total. The lowest BCUT2D eigenvalue weighted by atomic mass is 9.93. The molecular formula is C23H25F3N2O3S. The lowest BCUT2D eigenvalue weighted by Crippen LogP contribution is -2.45. The van der Waals surface area contributed by atoms with E-state index >= 15 is 0 Å². The van der Waals surface area contributed by atoms with Crippen molar-refractivity contribution in [2.24, 2.45) is 5.92 Å². The van der Waals surface area contributed by atoms with Crippen LogP contribution >= 0.6 is 0 Å². The molecule has 0 saturated carbocycles. The van der Waals surface area contributed by atoms with Crippen LogP contribution in [0.5, 0.6) is 0 Å². The van der Waals surface area contributed by atoms with Crippen molar-refractivity contribution in [2.45, 2.75) is 43.7 Å². The number of piperidine rings is 1. The molecule has 1 amide bonds. The first-order chi connectivity index (χ1) is 15.1. The number of aryl methyl sites for hydroxylation is 2. The van der Waals surface area contributed by atoms with E-state index < -0.39 is 21.8 Å². The molecule has 0 atom stereocenters. The van der Waals surface area contributed by atoms with Crippen molar-refractivity contribution in [1.82, 2.24) is 4.31 Å². The minimum absolute atomic E-state index is 0.00841. The lowest BCUT2D eigenvalue weighted by molar-refractivity contribution is -0.137. The Morgan fingerprint density at radius 1 is 1.03 bits per heavy atom. The van der Waals surface area contributed by atoms with Crippen molar-refractivity contribution >= 4 is 21.6 Å². The molecule has 0 radical (unpaired) electrons. The van der Waals surface area contributed by atoms with E-state index in [1.165, 1.54) is 10.4 Å². The first-order valence-corrected chi connectivity index (χ1v) is 12.1. The molecule has 2 aromatic rings. The number of amides is 1. The molecule has 0 aliphatic carbocycles. The Morgan fingerprint density at radius 3 is 2.44 bits per heavy atom. The van der Waals surface area contributed by atoms with E-state index in [9.17, 15) is 26.4 Å². The van der Waals surface area contributed by atoms with Crippen molar-refractivity contribution in [3.05, 3.63) is 59.2 Å². The number of anilines is 1. The molecule has 0 aromatic heterocycles. The molecule has 32 heavy (non-hydrogen) atoms. The van der Waals surface area contributed by atoms with Gasteiger partial charge in [-0.3, -0.25) is 4.79 Å². The molecule has 1 saturated heterocycles. The van der Waals surface area contributed by atoms with Crippen LogP contribution in [0.3, 0.4) is 0 Å². The molecule has 2 heterocycles. The lowest BCUT2D eigenvalue weighted by Gasteiger charge is -2.36. The molecule has 172 valence electrons. The summed E-state index contributed by atoms with van der Waals surface area (Å²) in [7, 11) is -4.06. The molecule has 9 heteroatoms. The standard InChI is InChI=1S/C23H25F3N2O3S/c1-16-7-8-21-18(14-16)4-3-11-28(21)22(29)17-9-12-27(13-10-17)32(30,31)20-6-2-5-19(15-20)23(24,25)26/h2,5-8,14-15,17H,3-4,9-13H2,1H3. The summed E-state index contributed by atoms with van der Waals surface area (Å²) in [5.41, 5.74) is 2.22. The number of halogens is 3. The number of rotatable bonds is 3. The molecule has 0 bridgehead atoms. The molecule has 5 nitrogen and oxygen atoms in total. The van der Waals surface area contributed by atoms with Gasteiger partial charge in [0.2, 0.25) is 15.9 Å². The Bertz CT molecular complexity index is 1120. The van der Waals surface area contributed by atoms with E-state index in [1.807, 2.05) is 19.1 Å². The van der Waals surface area contributed by atoms with Crippen molar-refractivity contribution in [3.8, 4) is 0 Å². The average molecular weight is 467 g/mol. The molecule has 4 rings (SSSR count). The van der Waals surface area contributed by atoms with Crippen LogP contribution in [0.15, 0.2) is 47.4 Å². The van der Waals surface area contributed by atoms with Crippen molar-refractivity contribution in [3.63, 3.8) is 0 Å². The number of hydrogen-bond acceptors (Lipinski definition) is 3. The molecule has 0 spiro atoms. The van der Waals surface area contributed by atoms with E-state index in [0.717, 1.165) is 41.8 Å². The van der Waals surface area contributed by atoms with Gasteiger partial charge in [-0.05, 0) is 62.4 Å². The van der Waals surface area contributed by atoms with Crippen LogP contribution in [-0.2, 0) is 27.4 Å². The van der Waals surface area contributed by atoms with Crippen LogP contribution in [0.1, 0.15) is 36.0 Å². The number of sulfonamides is 1. The number of carbonyl (C=O) groups excluding carboxylic acids is 1. The second kappa shape index (κ2) is 8.51. The topological polar surface area (TPSA) is 57.7 Å². The van der Waals surface area contributed by atoms with Crippen LogP contribution in [0.4, 0.5) is 18.9 Å². The maximum atomic E-state index is 13.2. The summed E-state index contributed by atoms with van der Waals surface area (Å²) in [5, 5.41) is 0. The Hall–Kier alpha value is -2.39. The first kappa shape index (κ1) is 22.8. The van der Waals surface area contributed by atoms with Gasteiger partial charge in [0.05, 0.1) is 10.5 Å². The van der Waals surface area contributed by atoms with Gasteiger partial charge in [-0.15, -0.1) is 0 Å². The summed E-state index contributed by atoms with van der Waals surface area (Å²) in [6.07, 6.45) is -2.13. The number of nitrogens with zero attached hydrogens (tertiary/aromatic N) is 2. The van der Waals surface area contributed by atoms with Crippen LogP contribution < -0.4 is 4.90 Å². The minimum atomic E-state index is -4.62. The van der Waals surface area contributed by atoms with Crippen molar-refractivity contribution in [1.29, 1.82) is 0 Å². The Labute approximate surface area is 185 Å². The monoisotopic (exact) mass is 466 g/mol. The van der Waals surface area contributed by atoms with Crippen LogP contribution in [0.25, 0.3) is 0 Å². The van der Waals surface area contributed by atoms with E-state index in [0.29, 0.717) is 25.5 Å². The van der Waals surface area contributed by atoms with E-state index in [2.05, 4.69) is 6.07 Å². The molecule has 2 aliphatic heterocycles. The summed E-state index contributed by atoms with van der Waals surface area (Å²) in [5.74, 6) is -0.318. The van der Waals surface area contributed by atoms with Gasteiger partial charge >= 0.3 is 6.18 Å². The SMILES string of the molecule is Cc1ccc2c(c1)CCCN2C(=O)C1CCN(S(=O)(=O)c2cccc(C(F)(F)F)c2)CC1. The summed E-state index contributed by atoms with van der Waals surface area (Å²) >= 11 is 0. The fourth-order valence-electron chi connectivity index (χ4n) is 4.50. The second-order valence-corrected chi connectivity index (χ2v) is 10.4. The van der Waals surface area contributed by atoms with Gasteiger partial charge in [0.15, 0.2) is 0 Å². The zero-order valence-corrected chi connectivity index (χ0v) is 18.5. The molecule has 2 aliphatic rings. The molecular weight excluding hydrogens is 441 g/mol. The van der Waals surface area contributed by atoms with Crippen LogP contribution in [0.2, 0.25) is 0 Å². The van der Waals surface area contributed by atoms with Crippen LogP contribution in [0, 0.1) is 12.8 Å². The predicted molar refractivity (Wildman–Crippen MR) is 115 cm³/mol. The highest BCUT2D eigenvalue weighted by Gasteiger charge is 2.37. The van der Waals surface area contributed by atoms with Gasteiger partial charge < -0.3 is 4.90 Å². The van der Waals surface area contributed by atoms with E-state index in [4.69, 9.17) is 0 Å². The Kier molecular flexibility index (Phi) is 6.06. The zero-order chi connectivity index (χ0) is 23.1. The number of carbonyl (C=O) groups is 1. The van der Waals surface area contributed by atoms with E-state index in [1.54, 1.807) is 4.90 Å². The largest absolute Gasteiger partial charge is 0.416 e. The third kappa shape index (κ3) is 4.41. The van der Waals surface area contributed by atoms with Crippen LogP contribution in [-0.4, -0.2) is 38.3 Å². The number of benzene rings is 2. The highest BCUT2D eigenvalue weighted by Crippen LogP contribution is 2.34. The third-order valence-electron chi connectivity index (χ3n) is 6.22. The highest BCUT2D eigenvalue weighted by atomic mass is 32.2. The van der Waals surface area contributed by atoms with Gasteiger partial charge in [0.25, 0.3) is 0 Å². The number of alkyl halides is 3. The quantitative estimate of drug-likeness (QED) is 0.674. The summed E-state index contributed by atoms with van der Waals surface area (Å²) in [6, 6.07) is 9.83. The number of fused-ring (bicyclic) bond motifs is 1. The minimum Gasteiger partial charge on any atom is -0.312 e. The predicted octanol–water partition coefficient (Wildman–Crippen LogP) is 4.39. The highest BCUT2D eigenvalue weighted by molar-refractivity contribution is 7.89. The Morgan fingerprint density at radius 2 is 1.75 bits per heavy atom. The molecule has 2 aromatic carbocycles. The maximum absolute atomic E-state index is 13.2.